The molecule has 0 radical (unpaired) electrons. The number of hydrogen-bond acceptors (Lipinski definition) is 4. The molecule has 0 spiro atoms. The predicted molar refractivity (Wildman–Crippen MR) is 46.2 cm³/mol. The molecule has 4 heteroatoms. The van der Waals surface area contributed by atoms with Gasteiger partial charge in [0.2, 0.25) is 0 Å². The van der Waals surface area contributed by atoms with E-state index in [2.05, 4.69) is 9.72 Å². The van der Waals surface area contributed by atoms with Crippen LogP contribution in [0, 0.1) is 0 Å². The predicted octanol–water partition coefficient (Wildman–Crippen LogP) is 0.893. The normalized spacial score (nSPS) is 9.54. The summed E-state index contributed by atoms with van der Waals surface area (Å²) >= 11 is 0. The first-order chi connectivity index (χ1) is 6.33. The highest BCUT2D eigenvalue weighted by molar-refractivity contribution is 5.36. The quantitative estimate of drug-likeness (QED) is 0.541. The zero-order valence-corrected chi connectivity index (χ0v) is 7.14. The van der Waals surface area contributed by atoms with Gasteiger partial charge in [0, 0.05) is 5.69 Å². The van der Waals surface area contributed by atoms with Crippen LogP contribution in [0.4, 0.5) is 0 Å². The number of aromatic nitrogens is 1. The third-order valence-electron chi connectivity index (χ3n) is 1.57. The van der Waals surface area contributed by atoms with Crippen molar-refractivity contribution < 1.29 is 14.6 Å². The Morgan fingerprint density at radius 3 is 3.00 bits per heavy atom. The maximum atomic E-state index is 9.79. The molecule has 0 atom stereocenters. The molecule has 70 valence electrons. The number of carbonyl (C=O) groups is 1. The number of hydrogen-bond donors (Lipinski definition) is 1. The Balaban J connectivity index is 2.28. The van der Waals surface area contributed by atoms with Crippen LogP contribution in [0.1, 0.15) is 12.1 Å². The number of nitrogens with zero attached hydrogens (tertiary/aromatic N) is 1. The molecule has 1 rings (SSSR count). The molecule has 4 nitrogen and oxygen atoms in total. The molecule has 0 aliphatic heterocycles. The first kappa shape index (κ1) is 9.51. The lowest BCUT2D eigenvalue weighted by Crippen LogP contribution is -1.96. The lowest BCUT2D eigenvalue weighted by molar-refractivity contribution is -0.128. The maximum absolute atomic E-state index is 9.79. The highest BCUT2D eigenvalue weighted by Gasteiger charge is 1.94. The van der Waals surface area contributed by atoms with Gasteiger partial charge in [-0.3, -0.25) is 9.78 Å². The summed E-state index contributed by atoms with van der Waals surface area (Å²) in [6.45, 7) is 0.844. The number of pyridine rings is 1. The second-order valence-corrected chi connectivity index (χ2v) is 2.58. The van der Waals surface area contributed by atoms with Crippen molar-refractivity contribution >= 4 is 6.47 Å². The van der Waals surface area contributed by atoms with E-state index < -0.39 is 0 Å². The van der Waals surface area contributed by atoms with E-state index in [4.69, 9.17) is 5.11 Å². The van der Waals surface area contributed by atoms with Crippen molar-refractivity contribution in [3.8, 4) is 5.75 Å². The van der Waals surface area contributed by atoms with Crippen molar-refractivity contribution in [2.45, 2.75) is 12.8 Å². The summed E-state index contributed by atoms with van der Waals surface area (Å²) in [5.74, 6) is 0.160. The lowest BCUT2D eigenvalue weighted by atomic mass is 10.2. The Labute approximate surface area is 76.2 Å². The van der Waals surface area contributed by atoms with E-state index in [1.165, 1.54) is 6.20 Å². The van der Waals surface area contributed by atoms with Crippen molar-refractivity contribution in [1.29, 1.82) is 0 Å². The average Bonchev–Trinajstić information content (AvgIpc) is 2.15. The molecule has 1 heterocycles. The van der Waals surface area contributed by atoms with Crippen molar-refractivity contribution in [3.63, 3.8) is 0 Å². The van der Waals surface area contributed by atoms with E-state index in [-0.39, 0.29) is 5.75 Å². The number of carbonyl (C=O) groups excluding carboxylic acids is 1. The number of aryl methyl sites for hydroxylation is 1. The summed E-state index contributed by atoms with van der Waals surface area (Å²) in [6.07, 6.45) is 2.89. The van der Waals surface area contributed by atoms with Crippen LogP contribution in [0.2, 0.25) is 0 Å². The van der Waals surface area contributed by atoms with E-state index in [0.717, 1.165) is 18.5 Å². The van der Waals surface area contributed by atoms with Crippen LogP contribution in [0.3, 0.4) is 0 Å². The minimum absolute atomic E-state index is 0.160. The molecule has 0 saturated carbocycles. The molecule has 0 aromatic carbocycles. The minimum Gasteiger partial charge on any atom is -0.506 e. The van der Waals surface area contributed by atoms with Gasteiger partial charge in [-0.15, -0.1) is 0 Å². The third kappa shape index (κ3) is 3.55. The lowest BCUT2D eigenvalue weighted by Gasteiger charge is -1.99. The Bertz CT molecular complexity index is 258. The number of aromatic hydroxyl groups is 1. The van der Waals surface area contributed by atoms with Gasteiger partial charge in [0.05, 0.1) is 12.8 Å². The molecule has 1 aromatic heterocycles. The van der Waals surface area contributed by atoms with Crippen molar-refractivity contribution in [1.82, 2.24) is 4.98 Å². The van der Waals surface area contributed by atoms with Gasteiger partial charge in [-0.1, -0.05) is 0 Å². The Morgan fingerprint density at radius 2 is 2.38 bits per heavy atom. The Hall–Kier alpha value is -1.58. The van der Waals surface area contributed by atoms with Crippen molar-refractivity contribution in [3.05, 3.63) is 24.0 Å². The van der Waals surface area contributed by atoms with Gasteiger partial charge in [0.25, 0.3) is 6.47 Å². The monoisotopic (exact) mass is 181 g/mol. The first-order valence-corrected chi connectivity index (χ1v) is 4.02. The van der Waals surface area contributed by atoms with E-state index in [1.807, 2.05) is 0 Å². The van der Waals surface area contributed by atoms with Crippen LogP contribution in [0.15, 0.2) is 18.3 Å². The van der Waals surface area contributed by atoms with Crippen LogP contribution in [-0.4, -0.2) is 23.2 Å². The Morgan fingerprint density at radius 1 is 1.54 bits per heavy atom. The van der Waals surface area contributed by atoms with E-state index >= 15 is 0 Å². The van der Waals surface area contributed by atoms with Gasteiger partial charge in [-0.05, 0) is 25.0 Å². The largest absolute Gasteiger partial charge is 0.506 e. The fourth-order valence-electron chi connectivity index (χ4n) is 0.949. The summed E-state index contributed by atoms with van der Waals surface area (Å²) in [4.78, 5) is 13.8. The fraction of sp³-hybridized carbons (Fsp3) is 0.333. The van der Waals surface area contributed by atoms with Crippen LogP contribution in [0.5, 0.6) is 5.75 Å². The van der Waals surface area contributed by atoms with Gasteiger partial charge in [0.15, 0.2) is 0 Å². The molecule has 0 bridgehead atoms. The number of ether oxygens (including phenoxy) is 1. The molecule has 0 amide bonds. The third-order valence-corrected chi connectivity index (χ3v) is 1.57. The summed E-state index contributed by atoms with van der Waals surface area (Å²) in [7, 11) is 0. The van der Waals surface area contributed by atoms with E-state index in [1.54, 1.807) is 12.1 Å². The summed E-state index contributed by atoms with van der Waals surface area (Å²) in [5.41, 5.74) is 0.882. The zero-order chi connectivity index (χ0) is 9.52. The van der Waals surface area contributed by atoms with Crippen LogP contribution in [-0.2, 0) is 16.0 Å². The standard InChI is InChI=1S/C9H11NO3/c11-7-13-5-1-2-8-3-4-9(12)6-10-8/h3-4,6-7,12H,1-2,5H2. The molecule has 1 N–H and O–H groups in total. The average molecular weight is 181 g/mol. The maximum Gasteiger partial charge on any atom is 0.293 e. The molecule has 0 unspecified atom stereocenters. The minimum atomic E-state index is 0.160. The van der Waals surface area contributed by atoms with Gasteiger partial charge in [-0.2, -0.15) is 0 Å². The van der Waals surface area contributed by atoms with Gasteiger partial charge in [0.1, 0.15) is 5.75 Å². The van der Waals surface area contributed by atoms with Crippen LogP contribution < -0.4 is 0 Å². The second-order valence-electron chi connectivity index (χ2n) is 2.58. The molecule has 0 aliphatic rings. The summed E-state index contributed by atoms with van der Waals surface area (Å²) in [6, 6.07) is 3.33. The smallest absolute Gasteiger partial charge is 0.293 e. The van der Waals surface area contributed by atoms with Crippen LogP contribution in [0.25, 0.3) is 0 Å². The molecule has 1 aromatic rings. The van der Waals surface area contributed by atoms with Crippen molar-refractivity contribution in [2.75, 3.05) is 6.61 Å². The molecular weight excluding hydrogens is 170 g/mol. The first-order valence-electron chi connectivity index (χ1n) is 4.02. The SMILES string of the molecule is O=COCCCc1ccc(O)cn1. The topological polar surface area (TPSA) is 59.4 Å². The van der Waals surface area contributed by atoms with Gasteiger partial charge < -0.3 is 9.84 Å². The van der Waals surface area contributed by atoms with Gasteiger partial charge in [-0.25, -0.2) is 0 Å². The fourth-order valence-corrected chi connectivity index (χ4v) is 0.949. The highest BCUT2D eigenvalue weighted by Crippen LogP contribution is 2.07. The number of rotatable bonds is 5. The Kier molecular flexibility index (Phi) is 3.75. The second kappa shape index (κ2) is 5.13. The van der Waals surface area contributed by atoms with Crippen LogP contribution >= 0.6 is 0 Å². The highest BCUT2D eigenvalue weighted by atomic mass is 16.5. The molecule has 13 heavy (non-hydrogen) atoms. The molecule has 0 fully saturated rings. The summed E-state index contributed by atoms with van der Waals surface area (Å²) < 4.78 is 4.52. The van der Waals surface area contributed by atoms with Gasteiger partial charge >= 0.3 is 0 Å². The van der Waals surface area contributed by atoms with Crippen molar-refractivity contribution in [2.24, 2.45) is 0 Å². The zero-order valence-electron chi connectivity index (χ0n) is 7.14. The van der Waals surface area contributed by atoms with E-state index in [9.17, 15) is 4.79 Å². The summed E-state index contributed by atoms with van der Waals surface area (Å²) in [5, 5.41) is 8.93. The molecule has 0 aliphatic carbocycles. The molecule has 0 saturated heterocycles. The van der Waals surface area contributed by atoms with E-state index in [0.29, 0.717) is 13.1 Å². The molecular formula is C9H11NO3.